The van der Waals surface area contributed by atoms with Gasteiger partial charge in [-0.25, -0.2) is 0 Å². The van der Waals surface area contributed by atoms with E-state index in [9.17, 15) is 4.79 Å². The van der Waals surface area contributed by atoms with E-state index in [1.807, 2.05) is 0 Å². The Morgan fingerprint density at radius 2 is 1.81 bits per heavy atom. The topological polar surface area (TPSA) is 35.5 Å². The van der Waals surface area contributed by atoms with Crippen molar-refractivity contribution in [1.29, 1.82) is 0 Å². The summed E-state index contributed by atoms with van der Waals surface area (Å²) in [4.78, 5) is 12.6. The van der Waals surface area contributed by atoms with E-state index >= 15 is 0 Å². The Hall–Kier alpha value is -1.23. The number of ketones is 1. The minimum atomic E-state index is -0.231. The molecule has 0 bridgehead atoms. The lowest BCUT2D eigenvalue weighted by atomic mass is 10.0. The zero-order valence-corrected chi connectivity index (χ0v) is 14.3. The lowest BCUT2D eigenvalue weighted by Crippen LogP contribution is -2.05. The van der Waals surface area contributed by atoms with Crippen molar-refractivity contribution in [2.24, 2.45) is 0 Å². The molecular weight excluding hydrogens is 379 g/mol. The van der Waals surface area contributed by atoms with Gasteiger partial charge in [-0.15, -0.1) is 0 Å². The molecule has 0 aliphatic carbocycles. The first-order valence-corrected chi connectivity index (χ1v) is 7.44. The molecule has 0 saturated carbocycles. The van der Waals surface area contributed by atoms with Crippen LogP contribution in [0.25, 0.3) is 0 Å². The molecule has 0 heterocycles. The normalized spacial score (nSPS) is 10.3. The van der Waals surface area contributed by atoms with E-state index in [-0.39, 0.29) is 16.6 Å². The van der Waals surface area contributed by atoms with E-state index in [2.05, 4.69) is 15.9 Å². The first-order chi connectivity index (χ1) is 9.99. The maximum absolute atomic E-state index is 12.6. The molecule has 0 saturated heterocycles. The van der Waals surface area contributed by atoms with Crippen LogP contribution in [0.1, 0.15) is 15.9 Å². The van der Waals surface area contributed by atoms with E-state index in [0.717, 1.165) is 4.47 Å². The third kappa shape index (κ3) is 3.18. The van der Waals surface area contributed by atoms with Crippen LogP contribution in [0.2, 0.25) is 10.0 Å². The molecule has 0 spiro atoms. The second kappa shape index (κ2) is 6.69. The van der Waals surface area contributed by atoms with Gasteiger partial charge in [0, 0.05) is 10.0 Å². The summed E-state index contributed by atoms with van der Waals surface area (Å²) in [7, 11) is 2.95. The summed E-state index contributed by atoms with van der Waals surface area (Å²) in [5.74, 6) is 0.491. The fourth-order valence-corrected chi connectivity index (χ4v) is 2.61. The van der Waals surface area contributed by atoms with E-state index in [1.165, 1.54) is 14.2 Å². The lowest BCUT2D eigenvalue weighted by Gasteiger charge is -2.12. The molecule has 3 nitrogen and oxygen atoms in total. The van der Waals surface area contributed by atoms with Gasteiger partial charge in [0.1, 0.15) is 10.8 Å². The van der Waals surface area contributed by atoms with Crippen LogP contribution in [0.5, 0.6) is 11.5 Å². The molecule has 0 amide bonds. The third-order valence-corrected chi connectivity index (χ3v) is 4.50. The van der Waals surface area contributed by atoms with Gasteiger partial charge in [0.25, 0.3) is 0 Å². The van der Waals surface area contributed by atoms with Crippen molar-refractivity contribution in [2.75, 3.05) is 14.2 Å². The number of carbonyl (C=O) groups excluding carboxylic acids is 1. The molecule has 0 radical (unpaired) electrons. The summed E-state index contributed by atoms with van der Waals surface area (Å²) in [5, 5.41) is 0.716. The molecule has 21 heavy (non-hydrogen) atoms. The summed E-state index contributed by atoms with van der Waals surface area (Å²) in [5.41, 5.74) is 0.796. The molecule has 110 valence electrons. The van der Waals surface area contributed by atoms with Crippen molar-refractivity contribution in [3.63, 3.8) is 0 Å². The van der Waals surface area contributed by atoms with Gasteiger partial charge in [-0.2, -0.15) is 0 Å². The Balaban J connectivity index is 2.52. The van der Waals surface area contributed by atoms with Crippen molar-refractivity contribution < 1.29 is 14.3 Å². The average Bonchev–Trinajstić information content (AvgIpc) is 2.49. The third-order valence-electron chi connectivity index (χ3n) is 2.91. The summed E-state index contributed by atoms with van der Waals surface area (Å²) in [6, 6.07) is 8.22. The second-order valence-corrected chi connectivity index (χ2v) is 5.76. The van der Waals surface area contributed by atoms with Crippen molar-refractivity contribution >= 4 is 44.9 Å². The van der Waals surface area contributed by atoms with Crippen molar-refractivity contribution in [3.05, 3.63) is 56.0 Å². The van der Waals surface area contributed by atoms with Crippen LogP contribution in [-0.2, 0) is 0 Å². The second-order valence-electron chi connectivity index (χ2n) is 4.12. The highest BCUT2D eigenvalue weighted by Crippen LogP contribution is 2.38. The van der Waals surface area contributed by atoms with Gasteiger partial charge in [-0.05, 0) is 46.3 Å². The fraction of sp³-hybridized carbons (Fsp3) is 0.133. The van der Waals surface area contributed by atoms with E-state index < -0.39 is 0 Å². The van der Waals surface area contributed by atoms with Gasteiger partial charge >= 0.3 is 0 Å². The number of hydrogen-bond acceptors (Lipinski definition) is 3. The van der Waals surface area contributed by atoms with E-state index in [4.69, 9.17) is 32.7 Å². The minimum Gasteiger partial charge on any atom is -0.495 e. The number of benzene rings is 2. The summed E-state index contributed by atoms with van der Waals surface area (Å²) in [6.07, 6.45) is 0. The van der Waals surface area contributed by atoms with Crippen molar-refractivity contribution in [2.45, 2.75) is 0 Å². The predicted molar refractivity (Wildman–Crippen MR) is 87.1 cm³/mol. The minimum absolute atomic E-state index is 0.231. The smallest absolute Gasteiger partial charge is 0.196 e. The molecule has 0 atom stereocenters. The highest BCUT2D eigenvalue weighted by atomic mass is 79.9. The Bertz CT molecular complexity index is 702. The first kappa shape index (κ1) is 16.1. The number of halogens is 3. The number of carbonyl (C=O) groups is 1. The molecule has 2 rings (SSSR count). The lowest BCUT2D eigenvalue weighted by molar-refractivity contribution is 0.103. The number of ether oxygens (including phenoxy) is 2. The molecule has 0 unspecified atom stereocenters. The SMILES string of the molecule is COc1ccc(C(=O)c2ccc(Br)c(Cl)c2)c(OC)c1Cl. The molecule has 0 aliphatic rings. The van der Waals surface area contributed by atoms with Crippen molar-refractivity contribution in [1.82, 2.24) is 0 Å². The molecule has 0 N–H and O–H groups in total. The van der Waals surface area contributed by atoms with Gasteiger partial charge in [0.05, 0.1) is 24.8 Å². The van der Waals surface area contributed by atoms with Crippen LogP contribution in [0.3, 0.4) is 0 Å². The molecule has 0 aliphatic heterocycles. The Kier molecular flexibility index (Phi) is 5.14. The van der Waals surface area contributed by atoms with Crippen LogP contribution in [0, 0.1) is 0 Å². The van der Waals surface area contributed by atoms with Crippen LogP contribution in [0.4, 0.5) is 0 Å². The maximum Gasteiger partial charge on any atom is 0.196 e. The summed E-state index contributed by atoms with van der Waals surface area (Å²) >= 11 is 15.5. The van der Waals surface area contributed by atoms with Crippen LogP contribution < -0.4 is 9.47 Å². The maximum atomic E-state index is 12.6. The monoisotopic (exact) mass is 388 g/mol. The number of hydrogen-bond donors (Lipinski definition) is 0. The van der Waals surface area contributed by atoms with Gasteiger partial charge in [0.15, 0.2) is 11.5 Å². The van der Waals surface area contributed by atoms with Crippen LogP contribution in [0.15, 0.2) is 34.8 Å². The quantitative estimate of drug-likeness (QED) is 0.690. The van der Waals surface area contributed by atoms with Gasteiger partial charge in [-0.3, -0.25) is 4.79 Å². The average molecular weight is 390 g/mol. The number of methoxy groups -OCH3 is 2. The fourth-order valence-electron chi connectivity index (χ4n) is 1.87. The zero-order chi connectivity index (χ0) is 15.6. The first-order valence-electron chi connectivity index (χ1n) is 5.89. The Morgan fingerprint density at radius 1 is 1.10 bits per heavy atom. The predicted octanol–water partition coefficient (Wildman–Crippen LogP) is 5.00. The molecular formula is C15H11BrCl2O3. The summed E-state index contributed by atoms with van der Waals surface area (Å²) < 4.78 is 11.1. The molecule has 0 fully saturated rings. The molecule has 6 heteroatoms. The summed E-state index contributed by atoms with van der Waals surface area (Å²) in [6.45, 7) is 0. The van der Waals surface area contributed by atoms with E-state index in [1.54, 1.807) is 30.3 Å². The standard InChI is InChI=1S/C15H11BrCl2O3/c1-20-12-6-4-9(15(21-2)13(12)18)14(19)8-3-5-10(16)11(17)7-8/h3-7H,1-2H3. The van der Waals surface area contributed by atoms with Gasteiger partial charge < -0.3 is 9.47 Å². The number of rotatable bonds is 4. The Labute approximate surface area is 140 Å². The highest BCUT2D eigenvalue weighted by Gasteiger charge is 2.20. The van der Waals surface area contributed by atoms with Gasteiger partial charge in [-0.1, -0.05) is 23.2 Å². The Morgan fingerprint density at radius 3 is 2.38 bits per heavy atom. The van der Waals surface area contributed by atoms with Crippen molar-refractivity contribution in [3.8, 4) is 11.5 Å². The molecule has 0 aromatic heterocycles. The largest absolute Gasteiger partial charge is 0.495 e. The van der Waals surface area contributed by atoms with Gasteiger partial charge in [0.2, 0.25) is 0 Å². The zero-order valence-electron chi connectivity index (χ0n) is 11.2. The molecule has 2 aromatic carbocycles. The van der Waals surface area contributed by atoms with Crippen LogP contribution >= 0.6 is 39.1 Å². The highest BCUT2D eigenvalue weighted by molar-refractivity contribution is 9.10. The molecule has 2 aromatic rings. The van der Waals surface area contributed by atoms with Crippen LogP contribution in [-0.4, -0.2) is 20.0 Å². The van der Waals surface area contributed by atoms with E-state index in [0.29, 0.717) is 21.9 Å².